The van der Waals surface area contributed by atoms with Crippen molar-refractivity contribution in [1.29, 1.82) is 0 Å². The summed E-state index contributed by atoms with van der Waals surface area (Å²) < 4.78 is 0. The van der Waals surface area contributed by atoms with Crippen molar-refractivity contribution in [2.45, 2.75) is 30.6 Å². The fourth-order valence-corrected chi connectivity index (χ4v) is 1.32. The lowest BCUT2D eigenvalue weighted by Gasteiger charge is -2.00. The van der Waals surface area contributed by atoms with Gasteiger partial charge in [-0.3, -0.25) is 4.79 Å². The summed E-state index contributed by atoms with van der Waals surface area (Å²) in [6.07, 6.45) is 4.02. The van der Waals surface area contributed by atoms with Crippen LogP contribution < -0.4 is 0 Å². The Hall–Kier alpha value is -0.0400. The summed E-state index contributed by atoms with van der Waals surface area (Å²) in [5, 5.41) is 0. The summed E-state index contributed by atoms with van der Waals surface area (Å²) in [5.41, 5.74) is 0. The quantitative estimate of drug-likeness (QED) is 0.540. The van der Waals surface area contributed by atoms with Crippen molar-refractivity contribution in [2.24, 2.45) is 5.92 Å². The van der Waals surface area contributed by atoms with E-state index in [1.807, 2.05) is 0 Å². The predicted molar refractivity (Wildman–Crippen MR) is 35.5 cm³/mol. The van der Waals surface area contributed by atoms with Gasteiger partial charge in [-0.1, -0.05) is 0 Å². The minimum atomic E-state index is -0.374. The maximum absolute atomic E-state index is 11.2. The molecule has 0 bridgehead atoms. The maximum Gasteiger partial charge on any atom is 0.156 e. The van der Waals surface area contributed by atoms with Crippen LogP contribution in [0.3, 0.4) is 0 Å². The van der Waals surface area contributed by atoms with E-state index < -0.39 is 0 Å². The number of hydrogen-bond acceptors (Lipinski definition) is 1. The molecule has 0 aromatic carbocycles. The molecule has 2 rings (SSSR count). The van der Waals surface area contributed by atoms with Gasteiger partial charge in [-0.05, 0) is 25.7 Å². The lowest BCUT2D eigenvalue weighted by molar-refractivity contribution is -0.120. The molecular formula is C7H9ClO. The SMILES string of the molecule is O=C(C1CC1)C1(Cl)CC1. The first-order chi connectivity index (χ1) is 4.22. The topological polar surface area (TPSA) is 17.1 Å². The normalized spacial score (nSPS) is 29.9. The van der Waals surface area contributed by atoms with E-state index in [1.54, 1.807) is 0 Å². The average molecular weight is 145 g/mol. The molecule has 0 heterocycles. The Balaban J connectivity index is 2.03. The molecule has 0 amide bonds. The monoisotopic (exact) mass is 144 g/mol. The average Bonchev–Trinajstić information content (AvgIpc) is 2.54. The van der Waals surface area contributed by atoms with E-state index in [9.17, 15) is 4.79 Å². The summed E-state index contributed by atoms with van der Waals surface area (Å²) in [5.74, 6) is 0.675. The van der Waals surface area contributed by atoms with Crippen molar-refractivity contribution in [3.8, 4) is 0 Å². The smallest absolute Gasteiger partial charge is 0.156 e. The van der Waals surface area contributed by atoms with E-state index in [0.717, 1.165) is 25.7 Å². The first-order valence-electron chi connectivity index (χ1n) is 3.46. The zero-order valence-corrected chi connectivity index (χ0v) is 5.95. The molecule has 0 spiro atoms. The number of carbonyl (C=O) groups excluding carboxylic acids is 1. The van der Waals surface area contributed by atoms with Crippen LogP contribution in [0.5, 0.6) is 0 Å². The molecule has 9 heavy (non-hydrogen) atoms. The minimum absolute atomic E-state index is 0.323. The third-order valence-corrected chi connectivity index (χ3v) is 2.64. The molecule has 0 aliphatic heterocycles. The molecule has 0 aromatic heterocycles. The van der Waals surface area contributed by atoms with Crippen molar-refractivity contribution in [1.82, 2.24) is 0 Å². The molecule has 1 nitrogen and oxygen atoms in total. The molecule has 0 atom stereocenters. The van der Waals surface area contributed by atoms with E-state index in [4.69, 9.17) is 11.6 Å². The number of Topliss-reactive ketones (excluding diaryl/α,β-unsaturated/α-hetero) is 1. The number of ketones is 1. The molecule has 2 aliphatic carbocycles. The van der Waals surface area contributed by atoms with Crippen LogP contribution >= 0.6 is 11.6 Å². The second-order valence-corrected chi connectivity index (χ2v) is 3.83. The van der Waals surface area contributed by atoms with E-state index in [1.165, 1.54) is 0 Å². The van der Waals surface area contributed by atoms with Crippen LogP contribution in [-0.4, -0.2) is 10.7 Å². The van der Waals surface area contributed by atoms with Crippen molar-refractivity contribution >= 4 is 17.4 Å². The molecule has 2 fully saturated rings. The Bertz CT molecular complexity index is 156. The van der Waals surface area contributed by atoms with Crippen molar-refractivity contribution in [3.05, 3.63) is 0 Å². The zero-order valence-electron chi connectivity index (χ0n) is 5.19. The van der Waals surface area contributed by atoms with Crippen LogP contribution in [0.4, 0.5) is 0 Å². The number of alkyl halides is 1. The second kappa shape index (κ2) is 1.51. The third kappa shape index (κ3) is 0.877. The van der Waals surface area contributed by atoms with E-state index >= 15 is 0 Å². The Morgan fingerprint density at radius 1 is 1.44 bits per heavy atom. The van der Waals surface area contributed by atoms with Gasteiger partial charge in [0.1, 0.15) is 4.87 Å². The molecule has 2 heteroatoms. The van der Waals surface area contributed by atoms with Crippen molar-refractivity contribution in [3.63, 3.8) is 0 Å². The Labute approximate surface area is 59.4 Å². The fourth-order valence-electron chi connectivity index (χ4n) is 1.07. The minimum Gasteiger partial charge on any atom is -0.297 e. The fraction of sp³-hybridized carbons (Fsp3) is 0.857. The Morgan fingerprint density at radius 2 is 2.00 bits per heavy atom. The van der Waals surface area contributed by atoms with Crippen LogP contribution in [0, 0.1) is 5.92 Å². The lowest BCUT2D eigenvalue weighted by atomic mass is 10.2. The second-order valence-electron chi connectivity index (χ2n) is 3.10. The zero-order chi connectivity index (χ0) is 6.48. The highest BCUT2D eigenvalue weighted by molar-refractivity contribution is 6.38. The van der Waals surface area contributed by atoms with Crippen LogP contribution in [0.2, 0.25) is 0 Å². The molecule has 0 aromatic rings. The molecule has 0 N–H and O–H groups in total. The van der Waals surface area contributed by atoms with Gasteiger partial charge >= 0.3 is 0 Å². The molecule has 2 aliphatic rings. The van der Waals surface area contributed by atoms with Crippen molar-refractivity contribution < 1.29 is 4.79 Å². The van der Waals surface area contributed by atoms with Gasteiger partial charge in [0.05, 0.1) is 0 Å². The highest BCUT2D eigenvalue weighted by Crippen LogP contribution is 2.49. The van der Waals surface area contributed by atoms with E-state index in [-0.39, 0.29) is 4.87 Å². The summed E-state index contributed by atoms with van der Waals surface area (Å²) >= 11 is 5.88. The molecule has 50 valence electrons. The molecule has 0 radical (unpaired) electrons. The van der Waals surface area contributed by atoms with E-state index in [0.29, 0.717) is 11.7 Å². The Kier molecular flexibility index (Phi) is 0.963. The largest absolute Gasteiger partial charge is 0.297 e. The number of hydrogen-bond donors (Lipinski definition) is 0. The van der Waals surface area contributed by atoms with Gasteiger partial charge in [0.15, 0.2) is 5.78 Å². The highest BCUT2D eigenvalue weighted by atomic mass is 35.5. The molecule has 2 saturated carbocycles. The van der Waals surface area contributed by atoms with Crippen LogP contribution in [0.25, 0.3) is 0 Å². The first-order valence-corrected chi connectivity index (χ1v) is 3.83. The van der Waals surface area contributed by atoms with E-state index in [2.05, 4.69) is 0 Å². The summed E-state index contributed by atoms with van der Waals surface area (Å²) in [6.45, 7) is 0. The maximum atomic E-state index is 11.2. The molecular weight excluding hydrogens is 136 g/mol. The van der Waals surface area contributed by atoms with Crippen LogP contribution in [0.1, 0.15) is 25.7 Å². The summed E-state index contributed by atoms with van der Waals surface area (Å²) in [6, 6.07) is 0. The lowest BCUT2D eigenvalue weighted by Crippen LogP contribution is -2.16. The van der Waals surface area contributed by atoms with Crippen LogP contribution in [-0.2, 0) is 4.79 Å². The summed E-state index contributed by atoms with van der Waals surface area (Å²) in [7, 11) is 0. The van der Waals surface area contributed by atoms with Gasteiger partial charge in [-0.15, -0.1) is 11.6 Å². The van der Waals surface area contributed by atoms with Gasteiger partial charge < -0.3 is 0 Å². The third-order valence-electron chi connectivity index (χ3n) is 2.08. The van der Waals surface area contributed by atoms with Gasteiger partial charge in [-0.25, -0.2) is 0 Å². The first kappa shape index (κ1) is 5.72. The highest BCUT2D eigenvalue weighted by Gasteiger charge is 2.52. The van der Waals surface area contributed by atoms with Crippen LogP contribution in [0.15, 0.2) is 0 Å². The van der Waals surface area contributed by atoms with Gasteiger partial charge in [-0.2, -0.15) is 0 Å². The number of carbonyl (C=O) groups is 1. The Morgan fingerprint density at radius 3 is 2.33 bits per heavy atom. The van der Waals surface area contributed by atoms with Gasteiger partial charge in [0.2, 0.25) is 0 Å². The van der Waals surface area contributed by atoms with Crippen molar-refractivity contribution in [2.75, 3.05) is 0 Å². The standard InChI is InChI=1S/C7H9ClO/c8-7(3-4-7)6(9)5-1-2-5/h5H,1-4H2. The number of halogens is 1. The van der Waals surface area contributed by atoms with Gasteiger partial charge in [0.25, 0.3) is 0 Å². The number of rotatable bonds is 2. The van der Waals surface area contributed by atoms with Gasteiger partial charge in [0, 0.05) is 5.92 Å². The summed E-state index contributed by atoms with van der Waals surface area (Å²) in [4.78, 5) is 10.8. The molecule has 0 unspecified atom stereocenters. The molecule has 0 saturated heterocycles. The predicted octanol–water partition coefficient (Wildman–Crippen LogP) is 1.74.